The van der Waals surface area contributed by atoms with Crippen molar-refractivity contribution in [2.75, 3.05) is 25.9 Å². The molecule has 0 saturated carbocycles. The van der Waals surface area contributed by atoms with E-state index in [1.54, 1.807) is 11.8 Å². The molecule has 1 aliphatic rings. The number of aromatic nitrogens is 3. The van der Waals surface area contributed by atoms with Gasteiger partial charge in [-0.05, 0) is 43.5 Å². The SMILES string of the molecule is CSc1nnc(CC2CCN(CC(C)(C)C)CC2)n1C. The van der Waals surface area contributed by atoms with Crippen LogP contribution in [0.15, 0.2) is 5.16 Å². The van der Waals surface area contributed by atoms with Gasteiger partial charge in [-0.3, -0.25) is 0 Å². The molecule has 0 aromatic carbocycles. The van der Waals surface area contributed by atoms with E-state index in [0.717, 1.165) is 23.3 Å². The molecule has 0 radical (unpaired) electrons. The summed E-state index contributed by atoms with van der Waals surface area (Å²) in [4.78, 5) is 2.61. The van der Waals surface area contributed by atoms with E-state index in [1.807, 2.05) is 0 Å². The van der Waals surface area contributed by atoms with Gasteiger partial charge >= 0.3 is 0 Å². The van der Waals surface area contributed by atoms with E-state index in [0.29, 0.717) is 5.41 Å². The first-order valence-electron chi connectivity index (χ1n) is 7.53. The highest BCUT2D eigenvalue weighted by molar-refractivity contribution is 7.98. The lowest BCUT2D eigenvalue weighted by Gasteiger charge is -2.35. The van der Waals surface area contributed by atoms with Crippen LogP contribution in [0.3, 0.4) is 0 Å². The summed E-state index contributed by atoms with van der Waals surface area (Å²) in [5.74, 6) is 1.91. The minimum atomic E-state index is 0.406. The second-order valence-corrected chi connectivity index (χ2v) is 7.92. The third-order valence-electron chi connectivity index (χ3n) is 3.98. The number of nitrogens with zero attached hydrogens (tertiary/aromatic N) is 4. The van der Waals surface area contributed by atoms with E-state index in [1.165, 1.54) is 32.5 Å². The summed E-state index contributed by atoms with van der Waals surface area (Å²) >= 11 is 1.67. The molecule has 1 fully saturated rings. The topological polar surface area (TPSA) is 34.0 Å². The molecule has 0 aliphatic carbocycles. The number of thioether (sulfide) groups is 1. The Bertz CT molecular complexity index is 428. The lowest BCUT2D eigenvalue weighted by atomic mass is 9.90. The molecule has 2 rings (SSSR count). The number of hydrogen-bond donors (Lipinski definition) is 0. The van der Waals surface area contributed by atoms with Crippen LogP contribution in [0.25, 0.3) is 0 Å². The van der Waals surface area contributed by atoms with Crippen LogP contribution in [0, 0.1) is 11.3 Å². The average molecular weight is 296 g/mol. The molecule has 2 heterocycles. The Labute approximate surface area is 127 Å². The minimum absolute atomic E-state index is 0.406. The van der Waals surface area contributed by atoms with Crippen LogP contribution in [0.4, 0.5) is 0 Å². The molecule has 0 amide bonds. The quantitative estimate of drug-likeness (QED) is 0.800. The summed E-state index contributed by atoms with van der Waals surface area (Å²) < 4.78 is 2.15. The van der Waals surface area contributed by atoms with Crippen molar-refractivity contribution < 1.29 is 0 Å². The molecular weight excluding hydrogens is 268 g/mol. The second-order valence-electron chi connectivity index (χ2n) is 7.15. The van der Waals surface area contributed by atoms with Gasteiger partial charge in [0.15, 0.2) is 5.16 Å². The largest absolute Gasteiger partial charge is 0.309 e. The number of likely N-dealkylation sites (tertiary alicyclic amines) is 1. The molecule has 4 nitrogen and oxygen atoms in total. The highest BCUT2D eigenvalue weighted by Gasteiger charge is 2.24. The number of rotatable bonds is 4. The fourth-order valence-electron chi connectivity index (χ4n) is 2.98. The van der Waals surface area contributed by atoms with Gasteiger partial charge in [0.2, 0.25) is 0 Å². The summed E-state index contributed by atoms with van der Waals surface area (Å²) in [6.07, 6.45) is 5.71. The van der Waals surface area contributed by atoms with Crippen molar-refractivity contribution in [3.8, 4) is 0 Å². The molecule has 1 saturated heterocycles. The average Bonchev–Trinajstić information content (AvgIpc) is 2.71. The summed E-state index contributed by atoms with van der Waals surface area (Å²) in [5.41, 5.74) is 0.406. The summed E-state index contributed by atoms with van der Waals surface area (Å²) in [5, 5.41) is 9.58. The second kappa shape index (κ2) is 6.48. The highest BCUT2D eigenvalue weighted by Crippen LogP contribution is 2.24. The Morgan fingerprint density at radius 3 is 2.35 bits per heavy atom. The van der Waals surface area contributed by atoms with E-state index >= 15 is 0 Å². The van der Waals surface area contributed by atoms with Crippen LogP contribution in [-0.4, -0.2) is 45.6 Å². The molecule has 0 N–H and O–H groups in total. The Morgan fingerprint density at radius 2 is 1.85 bits per heavy atom. The summed E-state index contributed by atoms with van der Waals surface area (Å²) in [6.45, 7) is 10.6. The van der Waals surface area contributed by atoms with Gasteiger partial charge in [-0.25, -0.2) is 0 Å². The van der Waals surface area contributed by atoms with Gasteiger partial charge in [0.25, 0.3) is 0 Å². The first-order valence-corrected chi connectivity index (χ1v) is 8.76. The van der Waals surface area contributed by atoms with Gasteiger partial charge in [-0.1, -0.05) is 32.5 Å². The van der Waals surface area contributed by atoms with Crippen LogP contribution in [0.5, 0.6) is 0 Å². The maximum atomic E-state index is 4.34. The van der Waals surface area contributed by atoms with Crippen molar-refractivity contribution in [2.24, 2.45) is 18.4 Å². The van der Waals surface area contributed by atoms with Crippen molar-refractivity contribution in [1.29, 1.82) is 0 Å². The van der Waals surface area contributed by atoms with Gasteiger partial charge in [0, 0.05) is 20.0 Å². The van der Waals surface area contributed by atoms with Crippen LogP contribution in [0.2, 0.25) is 0 Å². The summed E-state index contributed by atoms with van der Waals surface area (Å²) in [6, 6.07) is 0. The Morgan fingerprint density at radius 1 is 1.20 bits per heavy atom. The molecule has 114 valence electrons. The van der Waals surface area contributed by atoms with E-state index in [4.69, 9.17) is 0 Å². The molecule has 0 spiro atoms. The molecule has 0 unspecified atom stereocenters. The fourth-order valence-corrected chi connectivity index (χ4v) is 3.48. The van der Waals surface area contributed by atoms with E-state index < -0.39 is 0 Å². The molecule has 1 aromatic rings. The third-order valence-corrected chi connectivity index (χ3v) is 4.70. The van der Waals surface area contributed by atoms with E-state index in [-0.39, 0.29) is 0 Å². The predicted molar refractivity (Wildman–Crippen MR) is 85.1 cm³/mol. The Kier molecular flexibility index (Phi) is 5.13. The van der Waals surface area contributed by atoms with Crippen molar-refractivity contribution in [3.63, 3.8) is 0 Å². The van der Waals surface area contributed by atoms with Crippen LogP contribution in [0.1, 0.15) is 39.4 Å². The molecular formula is C15H28N4S. The van der Waals surface area contributed by atoms with Crippen molar-refractivity contribution in [3.05, 3.63) is 5.82 Å². The van der Waals surface area contributed by atoms with Gasteiger partial charge < -0.3 is 9.47 Å². The maximum Gasteiger partial charge on any atom is 0.190 e. The third kappa shape index (κ3) is 4.22. The molecule has 5 heteroatoms. The number of hydrogen-bond acceptors (Lipinski definition) is 4. The van der Waals surface area contributed by atoms with Crippen molar-refractivity contribution in [1.82, 2.24) is 19.7 Å². The van der Waals surface area contributed by atoms with Gasteiger partial charge in [-0.15, -0.1) is 10.2 Å². The summed E-state index contributed by atoms with van der Waals surface area (Å²) in [7, 11) is 2.08. The van der Waals surface area contributed by atoms with Gasteiger partial charge in [0.1, 0.15) is 5.82 Å². The lowest BCUT2D eigenvalue weighted by molar-refractivity contribution is 0.135. The molecule has 0 bridgehead atoms. The molecule has 20 heavy (non-hydrogen) atoms. The van der Waals surface area contributed by atoms with Crippen molar-refractivity contribution >= 4 is 11.8 Å². The van der Waals surface area contributed by atoms with Gasteiger partial charge in [0.05, 0.1) is 0 Å². The zero-order valence-electron chi connectivity index (χ0n) is 13.5. The van der Waals surface area contributed by atoms with E-state index in [9.17, 15) is 0 Å². The first kappa shape index (κ1) is 15.8. The minimum Gasteiger partial charge on any atom is -0.309 e. The van der Waals surface area contributed by atoms with Crippen LogP contribution < -0.4 is 0 Å². The monoisotopic (exact) mass is 296 g/mol. The van der Waals surface area contributed by atoms with Gasteiger partial charge in [-0.2, -0.15) is 0 Å². The zero-order valence-corrected chi connectivity index (χ0v) is 14.3. The first-order chi connectivity index (χ1) is 9.39. The lowest BCUT2D eigenvalue weighted by Crippen LogP contribution is -2.39. The van der Waals surface area contributed by atoms with Crippen molar-refractivity contribution in [2.45, 2.75) is 45.2 Å². The van der Waals surface area contributed by atoms with E-state index in [2.05, 4.69) is 53.7 Å². The highest BCUT2D eigenvalue weighted by atomic mass is 32.2. The predicted octanol–water partition coefficient (Wildman–Crippen LogP) is 2.84. The number of piperidine rings is 1. The Hall–Kier alpha value is -0.550. The Balaban J connectivity index is 1.84. The van der Waals surface area contributed by atoms with Crippen LogP contribution in [-0.2, 0) is 13.5 Å². The fraction of sp³-hybridized carbons (Fsp3) is 0.867. The standard InChI is InChI=1S/C15H28N4S/c1-15(2,3)11-19-8-6-12(7-9-19)10-13-16-17-14(20-5)18(13)4/h12H,6-11H2,1-5H3. The molecule has 1 aliphatic heterocycles. The maximum absolute atomic E-state index is 4.34. The smallest absolute Gasteiger partial charge is 0.190 e. The zero-order chi connectivity index (χ0) is 14.8. The molecule has 1 aromatic heterocycles. The molecule has 0 atom stereocenters. The van der Waals surface area contributed by atoms with Crippen LogP contribution >= 0.6 is 11.8 Å². The normalized spacial score (nSPS) is 18.6.